The zero-order valence-corrected chi connectivity index (χ0v) is 9.51. The molecular weight excluding hydrogens is 219 g/mol. The summed E-state index contributed by atoms with van der Waals surface area (Å²) in [7, 11) is 0. The van der Waals surface area contributed by atoms with Crippen molar-refractivity contribution in [1.82, 2.24) is 0 Å². The van der Waals surface area contributed by atoms with Gasteiger partial charge in [-0.2, -0.15) is 0 Å². The fourth-order valence-corrected chi connectivity index (χ4v) is 1.16. The van der Waals surface area contributed by atoms with E-state index in [2.05, 4.69) is 0 Å². The van der Waals surface area contributed by atoms with Crippen LogP contribution >= 0.6 is 11.6 Å². The predicted octanol–water partition coefficient (Wildman–Crippen LogP) is 3.02. The van der Waals surface area contributed by atoms with Crippen LogP contribution in [0.25, 0.3) is 0 Å². The van der Waals surface area contributed by atoms with Crippen molar-refractivity contribution in [2.45, 2.75) is 25.9 Å². The van der Waals surface area contributed by atoms with Crippen molar-refractivity contribution in [3.05, 3.63) is 29.0 Å². The molecule has 2 nitrogen and oxygen atoms in total. The first-order valence-corrected chi connectivity index (χ1v) is 5.06. The highest BCUT2D eigenvalue weighted by Gasteiger charge is 2.12. The van der Waals surface area contributed by atoms with Gasteiger partial charge in [0.15, 0.2) is 0 Å². The molecule has 0 aliphatic rings. The SMILES string of the molecule is CC(C)(O)CCOc1ccc(F)c(Cl)c1. The molecule has 0 bridgehead atoms. The van der Waals surface area contributed by atoms with E-state index in [4.69, 9.17) is 16.3 Å². The first-order chi connectivity index (χ1) is 6.88. The zero-order chi connectivity index (χ0) is 11.5. The minimum absolute atomic E-state index is 0.0377. The van der Waals surface area contributed by atoms with Crippen LogP contribution in [0.2, 0.25) is 5.02 Å². The molecule has 0 spiro atoms. The maximum atomic E-state index is 12.8. The van der Waals surface area contributed by atoms with E-state index in [0.29, 0.717) is 18.8 Å². The highest BCUT2D eigenvalue weighted by Crippen LogP contribution is 2.21. The third-order valence-corrected chi connectivity index (χ3v) is 2.16. The first-order valence-electron chi connectivity index (χ1n) is 4.69. The number of hydrogen-bond acceptors (Lipinski definition) is 2. The van der Waals surface area contributed by atoms with Gasteiger partial charge >= 0.3 is 0 Å². The van der Waals surface area contributed by atoms with E-state index in [0.717, 1.165) is 0 Å². The van der Waals surface area contributed by atoms with Crippen molar-refractivity contribution in [1.29, 1.82) is 0 Å². The third kappa shape index (κ3) is 4.49. The maximum absolute atomic E-state index is 12.8. The average molecular weight is 233 g/mol. The van der Waals surface area contributed by atoms with Gasteiger partial charge in [0.25, 0.3) is 0 Å². The lowest BCUT2D eigenvalue weighted by Gasteiger charge is -2.17. The smallest absolute Gasteiger partial charge is 0.142 e. The van der Waals surface area contributed by atoms with Crippen molar-refractivity contribution < 1.29 is 14.2 Å². The summed E-state index contributed by atoms with van der Waals surface area (Å²) in [5.74, 6) is 0.0390. The van der Waals surface area contributed by atoms with E-state index < -0.39 is 11.4 Å². The summed E-state index contributed by atoms with van der Waals surface area (Å²) in [6.07, 6.45) is 0.502. The van der Waals surface area contributed by atoms with Gasteiger partial charge < -0.3 is 9.84 Å². The van der Waals surface area contributed by atoms with Crippen molar-refractivity contribution in [2.75, 3.05) is 6.61 Å². The molecule has 1 N–H and O–H groups in total. The predicted molar refractivity (Wildman–Crippen MR) is 57.8 cm³/mol. The second-order valence-electron chi connectivity index (χ2n) is 3.99. The van der Waals surface area contributed by atoms with Gasteiger partial charge in [0.1, 0.15) is 11.6 Å². The van der Waals surface area contributed by atoms with Gasteiger partial charge in [-0.15, -0.1) is 0 Å². The van der Waals surface area contributed by atoms with Crippen LogP contribution in [0.3, 0.4) is 0 Å². The Morgan fingerprint density at radius 2 is 2.13 bits per heavy atom. The Labute approximate surface area is 93.6 Å². The fourth-order valence-electron chi connectivity index (χ4n) is 0.985. The molecule has 0 unspecified atom stereocenters. The fraction of sp³-hybridized carbons (Fsp3) is 0.455. The minimum atomic E-state index is -0.760. The van der Waals surface area contributed by atoms with Crippen LogP contribution < -0.4 is 4.74 Å². The highest BCUT2D eigenvalue weighted by atomic mass is 35.5. The van der Waals surface area contributed by atoms with Gasteiger partial charge in [0, 0.05) is 12.5 Å². The first kappa shape index (κ1) is 12.3. The summed E-state index contributed by atoms with van der Waals surface area (Å²) in [4.78, 5) is 0. The van der Waals surface area contributed by atoms with Gasteiger partial charge in [0.05, 0.1) is 17.2 Å². The largest absolute Gasteiger partial charge is 0.493 e. The van der Waals surface area contributed by atoms with Crippen molar-refractivity contribution in [2.24, 2.45) is 0 Å². The van der Waals surface area contributed by atoms with Crippen LogP contribution in [0.1, 0.15) is 20.3 Å². The van der Waals surface area contributed by atoms with Gasteiger partial charge in [0.2, 0.25) is 0 Å². The van der Waals surface area contributed by atoms with E-state index in [-0.39, 0.29) is 5.02 Å². The molecule has 0 amide bonds. The van der Waals surface area contributed by atoms with Crippen molar-refractivity contribution in [3.8, 4) is 5.75 Å². The second-order valence-corrected chi connectivity index (χ2v) is 4.39. The van der Waals surface area contributed by atoms with E-state index in [1.54, 1.807) is 13.8 Å². The Hall–Kier alpha value is -0.800. The van der Waals surface area contributed by atoms with Crippen molar-refractivity contribution in [3.63, 3.8) is 0 Å². The molecule has 0 atom stereocenters. The summed E-state index contributed by atoms with van der Waals surface area (Å²) >= 11 is 5.58. The van der Waals surface area contributed by atoms with Crippen LogP contribution in [0.15, 0.2) is 18.2 Å². The molecule has 1 rings (SSSR count). The molecule has 1 aromatic carbocycles. The van der Waals surface area contributed by atoms with E-state index in [1.165, 1.54) is 18.2 Å². The van der Waals surface area contributed by atoms with Crippen LogP contribution in [0, 0.1) is 5.82 Å². The summed E-state index contributed by atoms with van der Waals surface area (Å²) < 4.78 is 18.1. The molecular formula is C11H14ClFO2. The highest BCUT2D eigenvalue weighted by molar-refractivity contribution is 6.30. The van der Waals surface area contributed by atoms with Crippen LogP contribution in [0.4, 0.5) is 4.39 Å². The topological polar surface area (TPSA) is 29.5 Å². The molecule has 1 aromatic rings. The van der Waals surface area contributed by atoms with E-state index in [1.807, 2.05) is 0 Å². The lowest BCUT2D eigenvalue weighted by molar-refractivity contribution is 0.0553. The molecule has 0 saturated heterocycles. The Morgan fingerprint density at radius 1 is 1.47 bits per heavy atom. The summed E-state index contributed by atoms with van der Waals surface area (Å²) in [5, 5.41) is 9.47. The Balaban J connectivity index is 2.48. The Kier molecular flexibility index (Phi) is 3.94. The van der Waals surface area contributed by atoms with Gasteiger partial charge in [-0.1, -0.05) is 11.6 Å². The molecule has 4 heteroatoms. The number of rotatable bonds is 4. The monoisotopic (exact) mass is 232 g/mol. The van der Waals surface area contributed by atoms with Crippen molar-refractivity contribution >= 4 is 11.6 Å². The van der Waals surface area contributed by atoms with E-state index >= 15 is 0 Å². The van der Waals surface area contributed by atoms with Crippen LogP contribution in [-0.4, -0.2) is 17.3 Å². The molecule has 0 fully saturated rings. The number of halogens is 2. The van der Waals surface area contributed by atoms with E-state index in [9.17, 15) is 9.50 Å². The molecule has 15 heavy (non-hydrogen) atoms. The normalized spacial score (nSPS) is 11.5. The minimum Gasteiger partial charge on any atom is -0.493 e. The molecule has 0 radical (unpaired) electrons. The Morgan fingerprint density at radius 3 is 2.67 bits per heavy atom. The summed E-state index contributed by atoms with van der Waals surface area (Å²) in [6.45, 7) is 3.77. The maximum Gasteiger partial charge on any atom is 0.142 e. The lowest BCUT2D eigenvalue weighted by Crippen LogP contribution is -2.21. The number of aliphatic hydroxyl groups is 1. The molecule has 0 aromatic heterocycles. The zero-order valence-electron chi connectivity index (χ0n) is 8.76. The molecule has 0 heterocycles. The molecule has 84 valence electrons. The van der Waals surface area contributed by atoms with Crippen LogP contribution in [-0.2, 0) is 0 Å². The number of ether oxygens (including phenoxy) is 1. The molecule has 0 saturated carbocycles. The van der Waals surface area contributed by atoms with Gasteiger partial charge in [-0.05, 0) is 26.0 Å². The summed E-state index contributed by atoms with van der Waals surface area (Å²) in [6, 6.07) is 4.18. The molecule has 0 aliphatic carbocycles. The standard InChI is InChI=1S/C11H14ClFO2/c1-11(2,14)5-6-15-8-3-4-10(13)9(12)7-8/h3-4,7,14H,5-6H2,1-2H3. The number of benzene rings is 1. The quantitative estimate of drug-likeness (QED) is 0.865. The average Bonchev–Trinajstić information content (AvgIpc) is 2.09. The lowest BCUT2D eigenvalue weighted by atomic mass is 10.1. The van der Waals surface area contributed by atoms with Gasteiger partial charge in [-0.3, -0.25) is 0 Å². The van der Waals surface area contributed by atoms with Gasteiger partial charge in [-0.25, -0.2) is 4.39 Å². The number of hydrogen-bond donors (Lipinski definition) is 1. The molecule has 0 aliphatic heterocycles. The van der Waals surface area contributed by atoms with Crippen LogP contribution in [0.5, 0.6) is 5.75 Å². The third-order valence-electron chi connectivity index (χ3n) is 1.87. The second kappa shape index (κ2) is 4.81. The Bertz CT molecular complexity index is 334. The summed E-state index contributed by atoms with van der Waals surface area (Å²) in [5.41, 5.74) is -0.760.